The maximum absolute atomic E-state index is 12.5. The number of esters is 1. The van der Waals surface area contributed by atoms with E-state index >= 15 is 0 Å². The Morgan fingerprint density at radius 2 is 1.86 bits per heavy atom. The number of β-lactam (4-membered cyclic amide) rings is 1. The minimum atomic E-state index is -5.08. The number of carbonyl (C=O) groups excluding carboxylic acids is 4. The SMILES string of the molecule is CCN(CC)CC.COC(=O)[C@H]1[C@@H](NC(=O)/C(=N\OCC(N)=O)c2csc(N)n2)C(=O)N1S(=O)(=O)O. The van der Waals surface area contributed by atoms with Crippen LogP contribution in [0.2, 0.25) is 0 Å². The number of hydrogen-bond donors (Lipinski definition) is 4. The Bertz CT molecular complexity index is 1080. The summed E-state index contributed by atoms with van der Waals surface area (Å²) in [6, 6.07) is -3.55. The molecular formula is C18H29N7O9S2. The van der Waals surface area contributed by atoms with Gasteiger partial charge in [0.15, 0.2) is 23.5 Å². The molecule has 2 rings (SSSR count). The van der Waals surface area contributed by atoms with Gasteiger partial charge < -0.3 is 31.3 Å². The first-order chi connectivity index (χ1) is 16.8. The highest BCUT2D eigenvalue weighted by molar-refractivity contribution is 7.84. The van der Waals surface area contributed by atoms with Crippen molar-refractivity contribution in [3.05, 3.63) is 11.1 Å². The van der Waals surface area contributed by atoms with Gasteiger partial charge >= 0.3 is 16.3 Å². The second-order valence-electron chi connectivity index (χ2n) is 6.90. The van der Waals surface area contributed by atoms with Gasteiger partial charge in [-0.15, -0.1) is 11.3 Å². The Morgan fingerprint density at radius 3 is 2.25 bits per heavy atom. The maximum atomic E-state index is 12.5. The summed E-state index contributed by atoms with van der Waals surface area (Å²) in [6.07, 6.45) is 0. The van der Waals surface area contributed by atoms with Crippen molar-refractivity contribution in [2.24, 2.45) is 10.9 Å². The zero-order chi connectivity index (χ0) is 27.6. The number of methoxy groups -OCH3 is 1. The molecule has 2 heterocycles. The first kappa shape index (κ1) is 30.7. The zero-order valence-electron chi connectivity index (χ0n) is 20.0. The average Bonchev–Trinajstić information content (AvgIpc) is 3.24. The van der Waals surface area contributed by atoms with Crippen LogP contribution in [0.1, 0.15) is 26.5 Å². The minimum absolute atomic E-state index is 0.0557. The highest BCUT2D eigenvalue weighted by Crippen LogP contribution is 2.25. The Balaban J connectivity index is 0.000000809. The summed E-state index contributed by atoms with van der Waals surface area (Å²) in [6.45, 7) is 9.44. The summed E-state index contributed by atoms with van der Waals surface area (Å²) in [4.78, 5) is 58.0. The third-order valence-electron chi connectivity index (χ3n) is 4.71. The smallest absolute Gasteiger partial charge is 0.363 e. The van der Waals surface area contributed by atoms with Crippen LogP contribution in [0.5, 0.6) is 0 Å². The highest BCUT2D eigenvalue weighted by atomic mass is 32.2. The van der Waals surface area contributed by atoms with E-state index in [0.717, 1.165) is 18.4 Å². The van der Waals surface area contributed by atoms with E-state index in [1.165, 1.54) is 25.0 Å². The van der Waals surface area contributed by atoms with E-state index in [-0.39, 0.29) is 15.1 Å². The van der Waals surface area contributed by atoms with Gasteiger partial charge in [0.05, 0.1) is 7.11 Å². The summed E-state index contributed by atoms with van der Waals surface area (Å²) in [5, 5.41) is 6.86. The van der Waals surface area contributed by atoms with E-state index in [1.54, 1.807) is 0 Å². The lowest BCUT2D eigenvalue weighted by atomic mass is 9.98. The van der Waals surface area contributed by atoms with E-state index in [2.05, 4.69) is 50.7 Å². The number of rotatable bonds is 11. The molecule has 0 bridgehead atoms. The van der Waals surface area contributed by atoms with Crippen LogP contribution in [0.25, 0.3) is 0 Å². The predicted molar refractivity (Wildman–Crippen MR) is 128 cm³/mol. The lowest BCUT2D eigenvalue weighted by Gasteiger charge is -2.41. The fraction of sp³-hybridized carbons (Fsp3) is 0.556. The molecule has 202 valence electrons. The average molecular weight is 552 g/mol. The third-order valence-corrected chi connectivity index (χ3v) is 6.29. The van der Waals surface area contributed by atoms with E-state index < -0.39 is 58.4 Å². The lowest BCUT2D eigenvalue weighted by molar-refractivity contribution is -0.162. The molecule has 1 fully saturated rings. The largest absolute Gasteiger partial charge is 0.467 e. The van der Waals surface area contributed by atoms with Crippen LogP contribution in [0.3, 0.4) is 0 Å². The van der Waals surface area contributed by atoms with Crippen molar-refractivity contribution in [3.8, 4) is 0 Å². The number of oxime groups is 1. The Kier molecular flexibility index (Phi) is 11.6. The standard InChI is InChI=1S/C12H14N6O9S2.C6H15N/c1-26-11(22)8-7(10(21)18(8)29(23,24)25)16-9(20)6(17-27-2-5(13)19)4-3-28-12(14)15-4;1-4-7(5-2)6-3/h3,7-8H,2H2,1H3,(H2,13,19)(H2,14,15)(H,16,20)(H,23,24,25);4-6H2,1-3H3/b17-6-;/t7-,8-;/m1./s1. The summed E-state index contributed by atoms with van der Waals surface area (Å²) < 4.78 is 35.9. The van der Waals surface area contributed by atoms with E-state index in [1.807, 2.05) is 0 Å². The summed E-state index contributed by atoms with van der Waals surface area (Å²) in [5.74, 6) is -4.53. The van der Waals surface area contributed by atoms with Gasteiger partial charge in [0.2, 0.25) is 0 Å². The molecule has 2 atom stereocenters. The van der Waals surface area contributed by atoms with Crippen molar-refractivity contribution < 1.29 is 41.7 Å². The molecule has 1 aliphatic rings. The van der Waals surface area contributed by atoms with Crippen molar-refractivity contribution in [2.45, 2.75) is 32.9 Å². The van der Waals surface area contributed by atoms with Gasteiger partial charge in [-0.25, -0.2) is 9.78 Å². The van der Waals surface area contributed by atoms with Crippen LogP contribution in [0.15, 0.2) is 10.5 Å². The van der Waals surface area contributed by atoms with Crippen molar-refractivity contribution >= 4 is 56.2 Å². The van der Waals surface area contributed by atoms with E-state index in [9.17, 15) is 27.6 Å². The number of amides is 3. The number of nitrogen functional groups attached to an aromatic ring is 1. The Hall–Kier alpha value is -3.35. The molecule has 0 aromatic carbocycles. The molecule has 0 spiro atoms. The number of hydrogen-bond acceptors (Lipinski definition) is 13. The molecule has 3 amide bonds. The second-order valence-corrected chi connectivity index (χ2v) is 9.08. The number of nitrogens with zero attached hydrogens (tertiary/aromatic N) is 4. The summed E-state index contributed by atoms with van der Waals surface area (Å²) in [5.41, 5.74) is 9.75. The fourth-order valence-corrected chi connectivity index (χ4v) is 4.24. The zero-order valence-corrected chi connectivity index (χ0v) is 21.7. The molecule has 1 aromatic rings. The molecule has 0 aliphatic carbocycles. The first-order valence-electron chi connectivity index (χ1n) is 10.4. The monoisotopic (exact) mass is 551 g/mol. The quantitative estimate of drug-likeness (QED) is 0.0764. The van der Waals surface area contributed by atoms with Gasteiger partial charge in [-0.3, -0.25) is 18.9 Å². The van der Waals surface area contributed by atoms with Crippen LogP contribution >= 0.6 is 11.3 Å². The molecule has 1 aliphatic heterocycles. The Morgan fingerprint density at radius 1 is 1.28 bits per heavy atom. The van der Waals surface area contributed by atoms with Crippen LogP contribution in [0.4, 0.5) is 5.13 Å². The maximum Gasteiger partial charge on any atom is 0.363 e. The molecule has 0 unspecified atom stereocenters. The van der Waals surface area contributed by atoms with Crippen molar-refractivity contribution in [1.82, 2.24) is 19.5 Å². The van der Waals surface area contributed by atoms with Gasteiger partial charge in [-0.05, 0) is 19.6 Å². The van der Waals surface area contributed by atoms with Gasteiger partial charge in [0, 0.05) is 5.38 Å². The Labute approximate surface area is 211 Å². The highest BCUT2D eigenvalue weighted by Gasteiger charge is 2.58. The number of carbonyl (C=O) groups is 4. The molecule has 0 saturated carbocycles. The number of thiazole rings is 1. The van der Waals surface area contributed by atoms with Gasteiger partial charge in [-0.2, -0.15) is 12.7 Å². The van der Waals surface area contributed by atoms with Crippen molar-refractivity contribution in [2.75, 3.05) is 39.1 Å². The van der Waals surface area contributed by atoms with Crippen molar-refractivity contribution in [3.63, 3.8) is 0 Å². The molecule has 18 heteroatoms. The van der Waals surface area contributed by atoms with Gasteiger partial charge in [-0.1, -0.05) is 25.9 Å². The topological polar surface area (TPSA) is 237 Å². The molecular weight excluding hydrogens is 522 g/mol. The molecule has 1 aromatic heterocycles. The third kappa shape index (κ3) is 8.11. The van der Waals surface area contributed by atoms with E-state index in [0.29, 0.717) is 0 Å². The normalized spacial score (nSPS) is 17.6. The number of nitrogens with one attached hydrogen (secondary N) is 1. The predicted octanol–water partition coefficient (Wildman–Crippen LogP) is -2.05. The van der Waals surface area contributed by atoms with Crippen LogP contribution < -0.4 is 16.8 Å². The number of anilines is 1. The van der Waals surface area contributed by atoms with Crippen molar-refractivity contribution in [1.29, 1.82) is 0 Å². The number of nitrogens with two attached hydrogens (primary N) is 2. The first-order valence-corrected chi connectivity index (χ1v) is 12.7. The minimum Gasteiger partial charge on any atom is -0.467 e. The lowest BCUT2D eigenvalue weighted by Crippen LogP contribution is -2.74. The van der Waals surface area contributed by atoms with Gasteiger partial charge in [0.25, 0.3) is 17.7 Å². The molecule has 36 heavy (non-hydrogen) atoms. The molecule has 1 saturated heterocycles. The number of aromatic nitrogens is 1. The van der Waals surface area contributed by atoms with Crippen LogP contribution in [0, 0.1) is 0 Å². The van der Waals surface area contributed by atoms with Crippen LogP contribution in [-0.2, 0) is 39.1 Å². The fourth-order valence-electron chi connectivity index (χ4n) is 2.85. The molecule has 0 radical (unpaired) electrons. The number of ether oxygens (including phenoxy) is 1. The summed E-state index contributed by atoms with van der Waals surface area (Å²) >= 11 is 0.939. The van der Waals surface area contributed by atoms with Gasteiger partial charge in [0.1, 0.15) is 11.7 Å². The van der Waals surface area contributed by atoms with Crippen LogP contribution in [-0.4, -0.2) is 102 Å². The second kappa shape index (κ2) is 13.7. The molecule has 6 N–H and O–H groups in total. The summed E-state index contributed by atoms with van der Waals surface area (Å²) in [7, 11) is -4.17. The molecule has 16 nitrogen and oxygen atoms in total. The number of primary amides is 1. The van der Waals surface area contributed by atoms with E-state index in [4.69, 9.17) is 16.0 Å².